The summed E-state index contributed by atoms with van der Waals surface area (Å²) in [7, 11) is 0. The summed E-state index contributed by atoms with van der Waals surface area (Å²) in [5.74, 6) is 0.515. The SMILES string of the molecule is C=C(C)[C@H]1C(=O)c2c3c(cc4c5c(n1c24)[C@@]1(C)C(CC[C@H]2[C@](C)(/C=C/C=C(\C)C(=O)CC)[C@@H](O)CC[C@@]21C)C5)C1=CC(C)(C)OC(C)(C)C1[C@@H]3O. The number of hydrogen-bond donors (Lipinski definition) is 2. The topological polar surface area (TPSA) is 88.8 Å². The molecule has 0 amide bonds. The minimum Gasteiger partial charge on any atom is -0.392 e. The van der Waals surface area contributed by atoms with Crippen LogP contribution in [0.2, 0.25) is 0 Å². The first-order valence-corrected chi connectivity index (χ1v) is 19.4. The van der Waals surface area contributed by atoms with Crippen LogP contribution < -0.4 is 0 Å². The highest BCUT2D eigenvalue weighted by molar-refractivity contribution is 6.18. The van der Waals surface area contributed by atoms with E-state index in [0.717, 1.165) is 64.4 Å². The highest BCUT2D eigenvalue weighted by Gasteiger charge is 2.67. The van der Waals surface area contributed by atoms with Crippen molar-refractivity contribution in [2.75, 3.05) is 0 Å². The second kappa shape index (κ2) is 10.8. The maximum absolute atomic E-state index is 14.9. The molecule has 2 saturated carbocycles. The Morgan fingerprint density at radius 2 is 1.78 bits per heavy atom. The van der Waals surface area contributed by atoms with Gasteiger partial charge in [-0.15, -0.1) is 0 Å². The maximum atomic E-state index is 14.9. The van der Waals surface area contributed by atoms with E-state index in [1.165, 1.54) is 11.3 Å². The average molecular weight is 692 g/mol. The second-order valence-corrected chi connectivity index (χ2v) is 18.8. The monoisotopic (exact) mass is 691 g/mol. The summed E-state index contributed by atoms with van der Waals surface area (Å²) >= 11 is 0. The van der Waals surface area contributed by atoms with E-state index in [-0.39, 0.29) is 34.2 Å². The fourth-order valence-electron chi connectivity index (χ4n) is 12.9. The lowest BCUT2D eigenvalue weighted by molar-refractivity contribution is -0.144. The number of aliphatic hydroxyl groups is 2. The zero-order valence-corrected chi connectivity index (χ0v) is 32.4. The van der Waals surface area contributed by atoms with Gasteiger partial charge in [-0.2, -0.15) is 0 Å². The van der Waals surface area contributed by atoms with Gasteiger partial charge in [-0.25, -0.2) is 0 Å². The standard InChI is InChI=1S/C45H57NO5/c1-12-30(47)24(4)14-13-18-43(9)31-16-15-25-20-28-27-21-26-29-22-41(5,6)51-42(7,8)35(29)38(49)33(26)34-37(27)46(36(23(2)3)39(34)50)40(28)45(25,11)44(31,10)19-17-32(43)48/h13-14,18,21-22,25,31-32,35-36,38,48-49H,2,12,15-17,19-20H2,1,3-11H3/b18-13+,24-14+/t25?,31-,32-,35?,36-,38+,43-,44-,45+/m0/s1. The number of nitrogens with zero attached hydrogens (tertiary/aromatic N) is 1. The third-order valence-electron chi connectivity index (χ3n) is 15.2. The molecule has 0 spiro atoms. The molecule has 3 heterocycles. The van der Waals surface area contributed by atoms with E-state index < -0.39 is 34.9 Å². The van der Waals surface area contributed by atoms with Crippen LogP contribution >= 0.6 is 0 Å². The van der Waals surface area contributed by atoms with Crippen molar-refractivity contribution in [1.29, 1.82) is 0 Å². The minimum absolute atomic E-state index is 0.0404. The quantitative estimate of drug-likeness (QED) is 0.186. The summed E-state index contributed by atoms with van der Waals surface area (Å²) in [4.78, 5) is 27.2. The number of Topliss-reactive ketones (excluding diaryl/α,β-unsaturated/α-hetero) is 2. The predicted octanol–water partition coefficient (Wildman–Crippen LogP) is 9.08. The Bertz CT molecular complexity index is 2040. The van der Waals surface area contributed by atoms with Gasteiger partial charge in [-0.05, 0) is 125 Å². The number of aromatic nitrogens is 1. The molecule has 1 aromatic heterocycles. The number of ether oxygens (including phenoxy) is 1. The smallest absolute Gasteiger partial charge is 0.192 e. The van der Waals surface area contributed by atoms with Crippen LogP contribution in [0.25, 0.3) is 16.5 Å². The van der Waals surface area contributed by atoms with E-state index >= 15 is 0 Å². The normalized spacial score (nSPS) is 38.7. The van der Waals surface area contributed by atoms with Gasteiger partial charge in [0, 0.05) is 39.8 Å². The molecule has 2 aromatic rings. The van der Waals surface area contributed by atoms with Gasteiger partial charge in [0.05, 0.1) is 34.5 Å². The van der Waals surface area contributed by atoms with Crippen LogP contribution in [0.15, 0.2) is 48.1 Å². The Hall–Kier alpha value is -3.06. The number of allylic oxidation sites excluding steroid dienone is 4. The molecule has 9 atom stereocenters. The Morgan fingerprint density at radius 1 is 1.08 bits per heavy atom. The lowest BCUT2D eigenvalue weighted by Crippen LogP contribution is -2.62. The van der Waals surface area contributed by atoms with Crippen molar-refractivity contribution in [2.24, 2.45) is 28.6 Å². The number of ketones is 2. The van der Waals surface area contributed by atoms with Gasteiger partial charge in [-0.1, -0.05) is 58.1 Å². The van der Waals surface area contributed by atoms with Crippen molar-refractivity contribution in [1.82, 2.24) is 4.57 Å². The number of aliphatic hydroxyl groups excluding tert-OH is 2. The van der Waals surface area contributed by atoms with Gasteiger partial charge in [0.25, 0.3) is 0 Å². The highest BCUT2D eigenvalue weighted by Crippen LogP contribution is 2.71. The van der Waals surface area contributed by atoms with Crippen molar-refractivity contribution in [3.05, 3.63) is 76.0 Å². The lowest BCUT2D eigenvalue weighted by atomic mass is 9.40. The number of benzene rings is 1. The molecule has 272 valence electrons. The van der Waals surface area contributed by atoms with Gasteiger partial charge in [0.1, 0.15) is 6.04 Å². The van der Waals surface area contributed by atoms with Gasteiger partial charge in [0.15, 0.2) is 11.6 Å². The van der Waals surface area contributed by atoms with Crippen LogP contribution in [0.5, 0.6) is 0 Å². The first kappa shape index (κ1) is 35.0. The number of hydrogen-bond acceptors (Lipinski definition) is 5. The summed E-state index contributed by atoms with van der Waals surface area (Å²) in [6, 6.07) is 1.79. The molecule has 0 radical (unpaired) electrons. The molecular formula is C45H57NO5. The van der Waals surface area contributed by atoms with Gasteiger partial charge < -0.3 is 19.5 Å². The molecule has 2 aliphatic heterocycles. The molecule has 2 N–H and O–H groups in total. The summed E-state index contributed by atoms with van der Waals surface area (Å²) in [5, 5.41) is 25.1. The van der Waals surface area contributed by atoms with E-state index in [4.69, 9.17) is 4.74 Å². The summed E-state index contributed by atoms with van der Waals surface area (Å²) in [5.41, 5.74) is 6.66. The fraction of sp³-hybridized carbons (Fsp3) is 0.600. The summed E-state index contributed by atoms with van der Waals surface area (Å²) in [6.45, 7) is 25.6. The molecule has 0 bridgehead atoms. The summed E-state index contributed by atoms with van der Waals surface area (Å²) < 4.78 is 8.90. The molecule has 6 nitrogen and oxygen atoms in total. The third-order valence-corrected chi connectivity index (χ3v) is 15.2. The molecule has 8 rings (SSSR count). The Labute approximate surface area is 303 Å². The van der Waals surface area contributed by atoms with Crippen molar-refractivity contribution < 1.29 is 24.5 Å². The molecule has 2 fully saturated rings. The van der Waals surface area contributed by atoms with Crippen molar-refractivity contribution in [3.8, 4) is 0 Å². The van der Waals surface area contributed by atoms with Crippen molar-refractivity contribution in [2.45, 2.75) is 143 Å². The second-order valence-electron chi connectivity index (χ2n) is 18.8. The lowest BCUT2D eigenvalue weighted by Gasteiger charge is -2.64. The molecule has 1 aromatic carbocycles. The largest absolute Gasteiger partial charge is 0.392 e. The van der Waals surface area contributed by atoms with Gasteiger partial charge >= 0.3 is 0 Å². The zero-order valence-electron chi connectivity index (χ0n) is 32.4. The molecule has 51 heavy (non-hydrogen) atoms. The average Bonchev–Trinajstić information content (AvgIpc) is 3.71. The van der Waals surface area contributed by atoms with Gasteiger partial charge in [-0.3, -0.25) is 9.59 Å². The van der Waals surface area contributed by atoms with E-state index in [1.807, 2.05) is 32.9 Å². The number of carbonyl (C=O) groups excluding carboxylic acids is 2. The van der Waals surface area contributed by atoms with E-state index in [0.29, 0.717) is 24.3 Å². The third kappa shape index (κ3) is 4.27. The molecule has 2 unspecified atom stereocenters. The highest BCUT2D eigenvalue weighted by atomic mass is 16.5. The zero-order chi connectivity index (χ0) is 37.0. The van der Waals surface area contributed by atoms with Crippen LogP contribution in [0.1, 0.15) is 146 Å². The van der Waals surface area contributed by atoms with Crippen LogP contribution in [0.4, 0.5) is 0 Å². The Kier molecular flexibility index (Phi) is 7.39. The Morgan fingerprint density at radius 3 is 2.45 bits per heavy atom. The van der Waals surface area contributed by atoms with Crippen LogP contribution in [-0.2, 0) is 21.4 Å². The Balaban J connectivity index is 1.34. The first-order chi connectivity index (χ1) is 23.7. The molecule has 4 aliphatic carbocycles. The first-order valence-electron chi connectivity index (χ1n) is 19.4. The van der Waals surface area contributed by atoms with E-state index in [9.17, 15) is 19.8 Å². The molecular weight excluding hydrogens is 634 g/mol. The summed E-state index contributed by atoms with van der Waals surface area (Å²) in [6.07, 6.45) is 12.0. The van der Waals surface area contributed by atoms with Gasteiger partial charge in [0.2, 0.25) is 0 Å². The molecule has 6 aliphatic rings. The molecule has 0 saturated heterocycles. The van der Waals surface area contributed by atoms with E-state index in [1.54, 1.807) is 0 Å². The van der Waals surface area contributed by atoms with Crippen LogP contribution in [0.3, 0.4) is 0 Å². The predicted molar refractivity (Wildman–Crippen MR) is 203 cm³/mol. The number of fused-ring (bicyclic) bond motifs is 11. The number of carbonyl (C=O) groups is 2. The maximum Gasteiger partial charge on any atom is 0.192 e. The van der Waals surface area contributed by atoms with Crippen molar-refractivity contribution >= 4 is 28.0 Å². The van der Waals surface area contributed by atoms with Crippen molar-refractivity contribution in [3.63, 3.8) is 0 Å². The van der Waals surface area contributed by atoms with E-state index in [2.05, 4.69) is 77.8 Å². The molecule has 6 heteroatoms. The van der Waals surface area contributed by atoms with Crippen LogP contribution in [0, 0.1) is 28.6 Å². The fourth-order valence-corrected chi connectivity index (χ4v) is 12.9. The van der Waals surface area contributed by atoms with Crippen LogP contribution in [-0.4, -0.2) is 43.7 Å². The minimum atomic E-state index is -0.847. The number of rotatable bonds is 5.